The van der Waals surface area contributed by atoms with Crippen LogP contribution in [-0.2, 0) is 33.2 Å². The fraction of sp³-hybridized carbons (Fsp3) is 1.00. The summed E-state index contributed by atoms with van der Waals surface area (Å²) in [7, 11) is 0. The van der Waals surface area contributed by atoms with Crippen LogP contribution in [-0.4, -0.2) is 221 Å². The van der Waals surface area contributed by atoms with Crippen molar-refractivity contribution in [3.05, 3.63) is 0 Å². The molecule has 0 spiro atoms. The zero-order chi connectivity index (χ0) is 33.3. The normalized spacial score (nSPS) is 52.9. The maximum absolute atomic E-state index is 10.9. The monoisotopic (exact) mass is 666 g/mol. The van der Waals surface area contributed by atoms with E-state index in [4.69, 9.17) is 33.2 Å². The van der Waals surface area contributed by atoms with E-state index in [1.807, 2.05) is 0 Å². The fourth-order valence-electron chi connectivity index (χ4n) is 5.55. The van der Waals surface area contributed by atoms with E-state index in [9.17, 15) is 71.5 Å². The molecule has 0 bridgehead atoms. The van der Waals surface area contributed by atoms with Crippen LogP contribution >= 0.6 is 0 Å². The van der Waals surface area contributed by atoms with Crippen molar-refractivity contribution in [2.24, 2.45) is 0 Å². The molecular formula is C24H42O21. The second kappa shape index (κ2) is 15.6. The number of aliphatic hydroxyl groups excluding tert-OH is 14. The van der Waals surface area contributed by atoms with Crippen molar-refractivity contribution >= 4 is 0 Å². The molecule has 21 heteroatoms. The van der Waals surface area contributed by atoms with Gasteiger partial charge >= 0.3 is 0 Å². The number of rotatable bonds is 10. The van der Waals surface area contributed by atoms with E-state index >= 15 is 0 Å². The molecule has 0 aromatic rings. The van der Waals surface area contributed by atoms with E-state index < -0.39 is 149 Å². The van der Waals surface area contributed by atoms with Crippen LogP contribution in [0.25, 0.3) is 0 Å². The smallest absolute Gasteiger partial charge is 0.187 e. The molecular weight excluding hydrogens is 624 g/mol. The number of hydrogen-bond acceptors (Lipinski definition) is 21. The largest absolute Gasteiger partial charge is 0.394 e. The summed E-state index contributed by atoms with van der Waals surface area (Å²) in [5.74, 6) is 0. The first-order valence-electron chi connectivity index (χ1n) is 14.1. The average molecular weight is 667 g/mol. The lowest BCUT2D eigenvalue weighted by Gasteiger charge is -2.49. The summed E-state index contributed by atoms with van der Waals surface area (Å²) in [6.07, 6.45) is -35.3. The molecule has 0 amide bonds. The highest BCUT2D eigenvalue weighted by atomic mass is 16.8. The molecule has 264 valence electrons. The lowest BCUT2D eigenvalue weighted by Crippen LogP contribution is -2.67. The summed E-state index contributed by atoms with van der Waals surface area (Å²) in [5.41, 5.74) is 0. The molecule has 20 atom stereocenters. The molecule has 0 unspecified atom stereocenters. The Hall–Kier alpha value is -0.840. The van der Waals surface area contributed by atoms with Crippen LogP contribution in [0, 0.1) is 0 Å². The van der Waals surface area contributed by atoms with Gasteiger partial charge in [0, 0.05) is 0 Å². The van der Waals surface area contributed by atoms with Gasteiger partial charge in [0.2, 0.25) is 0 Å². The molecule has 0 aromatic heterocycles. The summed E-state index contributed by atoms with van der Waals surface area (Å²) in [4.78, 5) is 0. The zero-order valence-corrected chi connectivity index (χ0v) is 23.5. The Bertz CT molecular complexity index is 910. The topological polar surface area (TPSA) is 348 Å². The summed E-state index contributed by atoms with van der Waals surface area (Å²) in [6.45, 7) is -3.39. The van der Waals surface area contributed by atoms with Gasteiger partial charge in [0.25, 0.3) is 0 Å². The highest BCUT2D eigenvalue weighted by Gasteiger charge is 2.55. The average Bonchev–Trinajstić information content (AvgIpc) is 3.03. The van der Waals surface area contributed by atoms with Crippen molar-refractivity contribution in [2.75, 3.05) is 26.4 Å². The van der Waals surface area contributed by atoms with Crippen molar-refractivity contribution in [3.8, 4) is 0 Å². The molecule has 4 fully saturated rings. The third-order valence-corrected chi connectivity index (χ3v) is 8.20. The van der Waals surface area contributed by atoms with E-state index in [2.05, 4.69) is 0 Å². The maximum Gasteiger partial charge on any atom is 0.187 e. The van der Waals surface area contributed by atoms with E-state index in [0.29, 0.717) is 0 Å². The Morgan fingerprint density at radius 2 is 0.644 bits per heavy atom. The van der Waals surface area contributed by atoms with Crippen LogP contribution in [0.15, 0.2) is 0 Å². The second-order valence-electron chi connectivity index (χ2n) is 11.1. The minimum Gasteiger partial charge on any atom is -0.394 e. The van der Waals surface area contributed by atoms with Crippen molar-refractivity contribution in [3.63, 3.8) is 0 Å². The molecule has 4 aliphatic rings. The van der Waals surface area contributed by atoms with E-state index in [1.54, 1.807) is 0 Å². The van der Waals surface area contributed by atoms with Crippen molar-refractivity contribution in [1.82, 2.24) is 0 Å². The maximum atomic E-state index is 10.9. The van der Waals surface area contributed by atoms with Crippen molar-refractivity contribution in [2.45, 2.75) is 123 Å². The van der Waals surface area contributed by atoms with E-state index in [0.717, 1.165) is 0 Å². The Morgan fingerprint density at radius 1 is 0.333 bits per heavy atom. The number of hydrogen-bond donors (Lipinski definition) is 14. The molecule has 0 aromatic carbocycles. The fourth-order valence-corrected chi connectivity index (χ4v) is 5.55. The van der Waals surface area contributed by atoms with Gasteiger partial charge in [-0.15, -0.1) is 0 Å². The molecule has 0 radical (unpaired) electrons. The second-order valence-corrected chi connectivity index (χ2v) is 11.1. The third-order valence-electron chi connectivity index (χ3n) is 8.20. The van der Waals surface area contributed by atoms with Gasteiger partial charge in [-0.05, 0) is 0 Å². The minimum absolute atomic E-state index is 0.784. The Labute approximate surface area is 254 Å². The third kappa shape index (κ3) is 7.44. The molecule has 4 aliphatic heterocycles. The van der Waals surface area contributed by atoms with Crippen LogP contribution in [0.5, 0.6) is 0 Å². The van der Waals surface area contributed by atoms with Gasteiger partial charge in [-0.25, -0.2) is 0 Å². The van der Waals surface area contributed by atoms with Gasteiger partial charge in [0.1, 0.15) is 97.7 Å². The van der Waals surface area contributed by atoms with Gasteiger partial charge in [0.05, 0.1) is 26.4 Å². The number of ether oxygens (including phenoxy) is 7. The summed E-state index contributed by atoms with van der Waals surface area (Å²) in [5, 5.41) is 142. The Balaban J connectivity index is 1.43. The van der Waals surface area contributed by atoms with Gasteiger partial charge in [-0.1, -0.05) is 0 Å². The predicted octanol–water partition coefficient (Wildman–Crippen LogP) is -9.75. The van der Waals surface area contributed by atoms with Crippen LogP contribution < -0.4 is 0 Å². The summed E-state index contributed by atoms with van der Waals surface area (Å²) >= 11 is 0. The van der Waals surface area contributed by atoms with E-state index in [1.165, 1.54) is 0 Å². The molecule has 4 saturated heterocycles. The van der Waals surface area contributed by atoms with Crippen LogP contribution in [0.3, 0.4) is 0 Å². The standard InChI is InChI=1S/C24H42O21/c25-1-5-9(29)10(30)15(35)22(40-5)44-19-7(3-27)42-24(17(37)12(19)32)45-20-8(4-28)41-23(16(36)13(20)33)43-18-6(2-26)39-21(38)14(34)11(18)31/h5-38H,1-4H2/t5-,6-,7-,8-,9-,10-,11-,12-,13-,14-,15-,16-,17-,18-,19-,20-,21+,22+,23-,24-/m1/s1. The highest BCUT2D eigenvalue weighted by Crippen LogP contribution is 2.34. The van der Waals surface area contributed by atoms with Crippen molar-refractivity contribution in [1.29, 1.82) is 0 Å². The van der Waals surface area contributed by atoms with Gasteiger partial charge in [-0.2, -0.15) is 0 Å². The first kappa shape index (κ1) is 37.0. The Kier molecular flexibility index (Phi) is 12.8. The molecule has 4 rings (SSSR count). The number of aliphatic hydroxyl groups is 14. The van der Waals surface area contributed by atoms with Gasteiger partial charge < -0.3 is 105 Å². The first-order chi connectivity index (χ1) is 21.3. The van der Waals surface area contributed by atoms with Crippen LogP contribution in [0.2, 0.25) is 0 Å². The minimum atomic E-state index is -2.02. The predicted molar refractivity (Wildman–Crippen MR) is 134 cm³/mol. The molecule has 4 heterocycles. The van der Waals surface area contributed by atoms with Crippen LogP contribution in [0.4, 0.5) is 0 Å². The van der Waals surface area contributed by atoms with Gasteiger partial charge in [-0.3, -0.25) is 0 Å². The Morgan fingerprint density at radius 3 is 1.02 bits per heavy atom. The van der Waals surface area contributed by atoms with Crippen LogP contribution in [0.1, 0.15) is 0 Å². The lowest BCUT2D eigenvalue weighted by molar-refractivity contribution is -0.387. The SMILES string of the molecule is OC[C@H]1O[C@@H](O[C@H]2[C@H](O)[C@@H](O)[C@@H](O[C@H]3[C@H](O)[C@@H](O)[C@@H](O[C@H]4[C@H](O)[C@@H](O)[C@@H](O)O[C@@H]4CO)O[C@@H]3CO)O[C@@H]2CO)[C@H](O)[C@H](O)[C@@H]1O. The van der Waals surface area contributed by atoms with Crippen molar-refractivity contribution < 1.29 is 105 Å². The van der Waals surface area contributed by atoms with Gasteiger partial charge in [0.15, 0.2) is 25.2 Å². The summed E-state index contributed by atoms with van der Waals surface area (Å²) < 4.78 is 37.7. The zero-order valence-electron chi connectivity index (χ0n) is 23.5. The molecule has 14 N–H and O–H groups in total. The quantitative estimate of drug-likeness (QED) is 0.103. The molecule has 45 heavy (non-hydrogen) atoms. The first-order valence-corrected chi connectivity index (χ1v) is 14.1. The molecule has 0 saturated carbocycles. The summed E-state index contributed by atoms with van der Waals surface area (Å²) in [6, 6.07) is 0. The lowest BCUT2D eigenvalue weighted by atomic mass is 9.95. The molecule has 0 aliphatic carbocycles. The van der Waals surface area contributed by atoms with E-state index in [-0.39, 0.29) is 0 Å². The highest BCUT2D eigenvalue weighted by molar-refractivity contribution is 4.97. The molecule has 21 nitrogen and oxygen atoms in total.